The summed E-state index contributed by atoms with van der Waals surface area (Å²) in [6.07, 6.45) is 6.32. The second-order valence-corrected chi connectivity index (χ2v) is 2.48. The van der Waals surface area contributed by atoms with Gasteiger partial charge in [-0.2, -0.15) is 0 Å². The molecule has 0 radical (unpaired) electrons. The first-order valence-corrected chi connectivity index (χ1v) is 3.60. The summed E-state index contributed by atoms with van der Waals surface area (Å²) in [5.41, 5.74) is 0. The Bertz CT molecular complexity index is 319. The van der Waals surface area contributed by atoms with E-state index >= 15 is 0 Å². The Balaban J connectivity index is 2.81. The van der Waals surface area contributed by atoms with E-state index in [1.807, 2.05) is 0 Å². The number of rotatable bonds is 2. The summed E-state index contributed by atoms with van der Waals surface area (Å²) >= 11 is 5.48. The molecule has 2 nitrogen and oxygen atoms in total. The molecule has 0 spiro atoms. The topological polar surface area (TPSA) is 24.9 Å². The third-order valence-electron chi connectivity index (χ3n) is 1.17. The molecular formula is C8H6ClFN2. The molecule has 0 bridgehead atoms. The van der Waals surface area contributed by atoms with E-state index in [0.717, 1.165) is 0 Å². The Morgan fingerprint density at radius 1 is 1.75 bits per heavy atom. The molecule has 0 saturated heterocycles. The van der Waals surface area contributed by atoms with Crippen molar-refractivity contribution in [2.45, 2.75) is 0 Å². The molecule has 4 heteroatoms. The lowest BCUT2D eigenvalue weighted by atomic mass is 10.4. The monoisotopic (exact) mass is 184 g/mol. The van der Waals surface area contributed by atoms with Gasteiger partial charge in [0.1, 0.15) is 0 Å². The summed E-state index contributed by atoms with van der Waals surface area (Å²) in [6, 6.07) is 1.17. The average molecular weight is 185 g/mol. The van der Waals surface area contributed by atoms with Crippen LogP contribution in [0.5, 0.6) is 0 Å². The van der Waals surface area contributed by atoms with Crippen LogP contribution >= 0.6 is 11.6 Å². The highest BCUT2D eigenvalue weighted by molar-refractivity contribution is 6.30. The number of halogens is 2. The Labute approximate surface area is 74.8 Å². The van der Waals surface area contributed by atoms with E-state index in [1.165, 1.54) is 12.3 Å². The lowest BCUT2D eigenvalue weighted by Gasteiger charge is -2.01. The van der Waals surface area contributed by atoms with Crippen LogP contribution in [0.25, 0.3) is 0 Å². The predicted octanol–water partition coefficient (Wildman–Crippen LogP) is 1.92. The third-order valence-corrected chi connectivity index (χ3v) is 1.37. The first-order valence-electron chi connectivity index (χ1n) is 3.22. The maximum atomic E-state index is 12.9. The molecule has 1 aromatic rings. The first-order chi connectivity index (χ1) is 5.74. The Hall–Kier alpha value is -1.27. The van der Waals surface area contributed by atoms with Crippen LogP contribution in [-0.4, -0.2) is 11.5 Å². The highest BCUT2D eigenvalue weighted by Crippen LogP contribution is 2.14. The van der Waals surface area contributed by atoms with Gasteiger partial charge in [0.05, 0.1) is 11.6 Å². The van der Waals surface area contributed by atoms with E-state index in [1.54, 1.807) is 0 Å². The van der Waals surface area contributed by atoms with E-state index in [2.05, 4.69) is 16.2 Å². The van der Waals surface area contributed by atoms with Gasteiger partial charge in [0.2, 0.25) is 0 Å². The molecule has 12 heavy (non-hydrogen) atoms. The lowest BCUT2D eigenvalue weighted by Crippen LogP contribution is -2.02. The molecule has 62 valence electrons. The maximum absolute atomic E-state index is 12.9. The van der Waals surface area contributed by atoms with Gasteiger partial charge < -0.3 is 5.32 Å². The van der Waals surface area contributed by atoms with Gasteiger partial charge in [-0.1, -0.05) is 17.5 Å². The molecule has 1 rings (SSSR count). The molecule has 1 aromatic heterocycles. The highest BCUT2D eigenvalue weighted by Gasteiger charge is 2.01. The van der Waals surface area contributed by atoms with Gasteiger partial charge in [-0.25, -0.2) is 9.37 Å². The predicted molar refractivity (Wildman–Crippen MR) is 46.5 cm³/mol. The molecule has 0 saturated carbocycles. The lowest BCUT2D eigenvalue weighted by molar-refractivity contribution is 0.625. The van der Waals surface area contributed by atoms with Crippen LogP contribution in [0.15, 0.2) is 12.3 Å². The SMILES string of the molecule is C#CCNc1ncc(Cl)cc1F. The molecule has 0 aliphatic carbocycles. The van der Waals surface area contributed by atoms with Gasteiger partial charge in [-0.3, -0.25) is 0 Å². The number of hydrogen-bond acceptors (Lipinski definition) is 2. The Morgan fingerprint density at radius 2 is 2.50 bits per heavy atom. The number of anilines is 1. The van der Waals surface area contributed by atoms with Crippen LogP contribution in [0.2, 0.25) is 5.02 Å². The number of nitrogens with one attached hydrogen (secondary N) is 1. The van der Waals surface area contributed by atoms with Crippen molar-refractivity contribution in [1.82, 2.24) is 4.98 Å². The molecular weight excluding hydrogens is 179 g/mol. The molecule has 0 atom stereocenters. The van der Waals surface area contributed by atoms with Crippen molar-refractivity contribution in [2.75, 3.05) is 11.9 Å². The number of aromatic nitrogens is 1. The van der Waals surface area contributed by atoms with E-state index in [0.29, 0.717) is 0 Å². The second kappa shape index (κ2) is 3.93. The number of nitrogens with zero attached hydrogens (tertiary/aromatic N) is 1. The van der Waals surface area contributed by atoms with Crippen LogP contribution in [0, 0.1) is 18.2 Å². The third kappa shape index (κ3) is 2.11. The van der Waals surface area contributed by atoms with E-state index in [-0.39, 0.29) is 17.4 Å². The number of hydrogen-bond donors (Lipinski definition) is 1. The van der Waals surface area contributed by atoms with Gasteiger partial charge in [0.25, 0.3) is 0 Å². The molecule has 0 aliphatic rings. The van der Waals surface area contributed by atoms with Gasteiger partial charge in [-0.15, -0.1) is 6.42 Å². The molecule has 0 fully saturated rings. The maximum Gasteiger partial charge on any atom is 0.166 e. The normalized spacial score (nSPS) is 9.08. The Morgan fingerprint density at radius 3 is 3.08 bits per heavy atom. The smallest absolute Gasteiger partial charge is 0.166 e. The summed E-state index contributed by atoms with van der Waals surface area (Å²) < 4.78 is 12.9. The summed E-state index contributed by atoms with van der Waals surface area (Å²) in [5, 5.41) is 2.87. The number of pyridine rings is 1. The van der Waals surface area contributed by atoms with Crippen LogP contribution in [-0.2, 0) is 0 Å². The number of terminal acetylenes is 1. The summed E-state index contributed by atoms with van der Waals surface area (Å²) in [5.74, 6) is 1.93. The quantitative estimate of drug-likeness (QED) is 0.711. The Kier molecular flexibility index (Phi) is 2.89. The fourth-order valence-corrected chi connectivity index (χ4v) is 0.824. The van der Waals surface area contributed by atoms with Gasteiger partial charge in [0, 0.05) is 6.20 Å². The summed E-state index contributed by atoms with van der Waals surface area (Å²) in [6.45, 7) is 0.242. The standard InChI is InChI=1S/C8H6ClFN2/c1-2-3-11-8-7(10)4-6(9)5-12-8/h1,4-5H,3H2,(H,11,12). The average Bonchev–Trinajstić information content (AvgIpc) is 2.03. The molecule has 0 amide bonds. The van der Waals surface area contributed by atoms with Crippen LogP contribution < -0.4 is 5.32 Å². The molecule has 0 aliphatic heterocycles. The van der Waals surface area contributed by atoms with Crippen molar-refractivity contribution < 1.29 is 4.39 Å². The van der Waals surface area contributed by atoms with Gasteiger partial charge in [-0.05, 0) is 6.07 Å². The van der Waals surface area contributed by atoms with Crippen LogP contribution in [0.1, 0.15) is 0 Å². The van der Waals surface area contributed by atoms with Crippen molar-refractivity contribution in [3.8, 4) is 12.3 Å². The fourth-order valence-electron chi connectivity index (χ4n) is 0.679. The van der Waals surface area contributed by atoms with E-state index in [4.69, 9.17) is 18.0 Å². The van der Waals surface area contributed by atoms with Crippen molar-refractivity contribution in [2.24, 2.45) is 0 Å². The van der Waals surface area contributed by atoms with Crippen LogP contribution in [0.4, 0.5) is 10.2 Å². The molecule has 1 heterocycles. The van der Waals surface area contributed by atoms with Crippen molar-refractivity contribution >= 4 is 17.4 Å². The van der Waals surface area contributed by atoms with Gasteiger partial charge in [0.15, 0.2) is 11.6 Å². The molecule has 0 aromatic carbocycles. The second-order valence-electron chi connectivity index (χ2n) is 2.04. The van der Waals surface area contributed by atoms with Crippen molar-refractivity contribution in [1.29, 1.82) is 0 Å². The van der Waals surface area contributed by atoms with E-state index < -0.39 is 5.82 Å². The van der Waals surface area contributed by atoms with Crippen LogP contribution in [0.3, 0.4) is 0 Å². The molecule has 1 N–H and O–H groups in total. The first kappa shape index (κ1) is 8.82. The minimum absolute atomic E-state index is 0.123. The van der Waals surface area contributed by atoms with E-state index in [9.17, 15) is 4.39 Å². The zero-order valence-electron chi connectivity index (χ0n) is 6.14. The summed E-state index contributed by atoms with van der Waals surface area (Å²) in [7, 11) is 0. The van der Waals surface area contributed by atoms with Crippen molar-refractivity contribution in [3.63, 3.8) is 0 Å². The summed E-state index contributed by atoms with van der Waals surface area (Å²) in [4.78, 5) is 3.70. The minimum Gasteiger partial charge on any atom is -0.357 e. The molecule has 0 unspecified atom stereocenters. The minimum atomic E-state index is -0.502. The largest absolute Gasteiger partial charge is 0.357 e. The van der Waals surface area contributed by atoms with Crippen molar-refractivity contribution in [3.05, 3.63) is 23.1 Å². The zero-order valence-corrected chi connectivity index (χ0v) is 6.90. The van der Waals surface area contributed by atoms with Gasteiger partial charge >= 0.3 is 0 Å². The fraction of sp³-hybridized carbons (Fsp3) is 0.125. The zero-order chi connectivity index (χ0) is 8.97. The highest BCUT2D eigenvalue weighted by atomic mass is 35.5.